The van der Waals surface area contributed by atoms with E-state index in [4.69, 9.17) is 21.7 Å². The van der Waals surface area contributed by atoms with E-state index in [0.29, 0.717) is 16.2 Å². The Kier molecular flexibility index (Phi) is 9.87. The van der Waals surface area contributed by atoms with Crippen LogP contribution in [0.2, 0.25) is 0 Å². The van der Waals surface area contributed by atoms with Crippen molar-refractivity contribution in [1.82, 2.24) is 4.90 Å². The summed E-state index contributed by atoms with van der Waals surface area (Å²) in [6.07, 6.45) is 7.01. The number of hydrogen-bond donors (Lipinski definition) is 3. The number of ether oxygens (including phenoxy) is 2. The van der Waals surface area contributed by atoms with E-state index in [-0.39, 0.29) is 35.1 Å². The summed E-state index contributed by atoms with van der Waals surface area (Å²) < 4.78 is 11.8. The number of β-lactam (4-membered cyclic amide) rings is 1. The molecule has 2 heterocycles. The average Bonchev–Trinajstić information content (AvgIpc) is 3.21. The second-order valence-corrected chi connectivity index (χ2v) is 12.8. The Bertz CT molecular complexity index is 1300. The number of aliphatic hydroxyl groups excluding tert-OH is 1. The van der Waals surface area contributed by atoms with Crippen LogP contribution >= 0.6 is 24.0 Å². The highest BCUT2D eigenvalue weighted by atomic mass is 32.2. The Labute approximate surface area is 251 Å². The zero-order chi connectivity index (χ0) is 30.0. The van der Waals surface area contributed by atoms with Crippen LogP contribution in [0.5, 0.6) is 11.5 Å². The predicted octanol–water partition coefficient (Wildman–Crippen LogP) is 6.03. The van der Waals surface area contributed by atoms with E-state index in [2.05, 4.69) is 26.5 Å². The topological polar surface area (TPSA) is 117 Å². The quantitative estimate of drug-likeness (QED) is 0.121. The number of phenolic OH excluding ortho intramolecular Hbond substituents is 1. The number of aliphatic carboxylic acids is 1. The molecule has 1 fully saturated rings. The lowest BCUT2D eigenvalue weighted by atomic mass is 9.73. The molecule has 0 spiro atoms. The highest BCUT2D eigenvalue weighted by molar-refractivity contribution is 8.04. The summed E-state index contributed by atoms with van der Waals surface area (Å²) in [4.78, 5) is 26.0. The maximum absolute atomic E-state index is 12.5. The first-order valence-electron chi connectivity index (χ1n) is 14.1. The Balaban J connectivity index is 1.58. The minimum atomic E-state index is -1.25. The molecule has 3 N–H and O–H groups in total. The van der Waals surface area contributed by atoms with Crippen molar-refractivity contribution >= 4 is 41.1 Å². The van der Waals surface area contributed by atoms with Gasteiger partial charge in [-0.05, 0) is 70.1 Å². The second-order valence-electron chi connectivity index (χ2n) is 11.2. The number of benzene rings is 1. The van der Waals surface area contributed by atoms with Gasteiger partial charge in [-0.2, -0.15) is 0 Å². The molecule has 5 atom stereocenters. The van der Waals surface area contributed by atoms with E-state index in [9.17, 15) is 24.9 Å². The number of fused-ring (bicyclic) bond motifs is 1. The van der Waals surface area contributed by atoms with Gasteiger partial charge < -0.3 is 24.8 Å². The first-order valence-corrected chi connectivity index (χ1v) is 15.4. The van der Waals surface area contributed by atoms with Gasteiger partial charge in [-0.25, -0.2) is 4.79 Å². The number of carboxylic acids is 1. The third-order valence-electron chi connectivity index (χ3n) is 8.05. The Hall–Kier alpha value is -2.82. The number of carbonyl (C=O) groups is 2. The lowest BCUT2D eigenvalue weighted by Crippen LogP contribution is -2.60. The van der Waals surface area contributed by atoms with E-state index >= 15 is 0 Å². The molecule has 222 valence electrons. The normalized spacial score (nSPS) is 24.4. The minimum absolute atomic E-state index is 0.120. The zero-order valence-electron chi connectivity index (χ0n) is 24.0. The molecule has 4 rings (SSSR count). The van der Waals surface area contributed by atoms with E-state index in [0.717, 1.165) is 49.7 Å². The molecule has 0 saturated carbocycles. The van der Waals surface area contributed by atoms with Crippen LogP contribution in [0.4, 0.5) is 0 Å². The van der Waals surface area contributed by atoms with Crippen LogP contribution in [0, 0.1) is 11.8 Å². The summed E-state index contributed by atoms with van der Waals surface area (Å²) in [5.41, 5.74) is 3.64. The highest BCUT2D eigenvalue weighted by Gasteiger charge is 2.57. The van der Waals surface area contributed by atoms with E-state index in [1.165, 1.54) is 29.2 Å². The number of phenols is 1. The van der Waals surface area contributed by atoms with Gasteiger partial charge in [-0.1, -0.05) is 55.3 Å². The fourth-order valence-electron chi connectivity index (χ4n) is 5.92. The van der Waals surface area contributed by atoms with Gasteiger partial charge in [0.2, 0.25) is 5.91 Å². The molecule has 10 heteroatoms. The van der Waals surface area contributed by atoms with Crippen LogP contribution in [0.15, 0.2) is 46.5 Å². The fourth-order valence-corrected chi connectivity index (χ4v) is 7.58. The number of thiocarbonyl (C=S) groups is 1. The number of aryl methyl sites for hydroxylation is 1. The van der Waals surface area contributed by atoms with Gasteiger partial charge in [-0.15, -0.1) is 0 Å². The molecular weight excluding hydrogens is 562 g/mol. The van der Waals surface area contributed by atoms with Crippen molar-refractivity contribution in [3.8, 4) is 11.5 Å². The van der Waals surface area contributed by atoms with Crippen molar-refractivity contribution in [2.75, 3.05) is 6.61 Å². The number of hydrogen-bond acceptors (Lipinski definition) is 8. The van der Waals surface area contributed by atoms with Crippen molar-refractivity contribution in [3.63, 3.8) is 0 Å². The molecule has 1 aromatic rings. The number of thioether (sulfide) groups is 1. The van der Waals surface area contributed by atoms with Gasteiger partial charge in [0.25, 0.3) is 0 Å². The second kappa shape index (κ2) is 13.0. The summed E-state index contributed by atoms with van der Waals surface area (Å²) in [7, 11) is 0. The largest absolute Gasteiger partial charge is 0.507 e. The third kappa shape index (κ3) is 6.49. The number of amides is 1. The Morgan fingerprint density at radius 1 is 1.32 bits per heavy atom. The molecule has 0 unspecified atom stereocenters. The van der Waals surface area contributed by atoms with E-state index in [1.807, 2.05) is 13.0 Å². The smallest absolute Gasteiger partial charge is 0.358 e. The summed E-state index contributed by atoms with van der Waals surface area (Å²) in [6.45, 7) is 11.7. The van der Waals surface area contributed by atoms with Crippen LogP contribution in [-0.4, -0.2) is 55.4 Å². The van der Waals surface area contributed by atoms with Crippen molar-refractivity contribution in [2.24, 2.45) is 11.8 Å². The summed E-state index contributed by atoms with van der Waals surface area (Å²) in [5, 5.41) is 30.3. The third-order valence-corrected chi connectivity index (χ3v) is 9.59. The molecule has 0 radical (unpaired) electrons. The van der Waals surface area contributed by atoms with Gasteiger partial charge in [-0.3, -0.25) is 9.69 Å². The lowest BCUT2D eigenvalue weighted by molar-refractivity contribution is -0.156. The zero-order valence-corrected chi connectivity index (χ0v) is 25.6. The van der Waals surface area contributed by atoms with Crippen LogP contribution in [0.1, 0.15) is 76.8 Å². The standard InChI is InChI=1S/C31H39NO7S2/c1-6-7-8-9-19-13-22(34)26(21-12-17(4)10-11-20(21)16(2)3)23(14-19)39-31(40)38-15-24-27(30(36)37)32-28(35)25(18(5)33)29(32)41-24/h12-14,18,20-21,25,29,33-34H,2,6-11,15H2,1,3-5H3,(H,36,37)/t18-,20+,21-,25+,29-/m1/s1. The summed E-state index contributed by atoms with van der Waals surface area (Å²) in [6, 6.07) is 3.70. The van der Waals surface area contributed by atoms with Crippen LogP contribution in [0.3, 0.4) is 0 Å². The van der Waals surface area contributed by atoms with Gasteiger partial charge in [0, 0.05) is 23.7 Å². The molecule has 0 aromatic heterocycles. The Morgan fingerprint density at radius 3 is 2.68 bits per heavy atom. The fraction of sp³-hybridized carbons (Fsp3) is 0.516. The SMILES string of the molecule is C=C(C)[C@@H]1CCC(C)=C[C@H]1c1c(O)cc(CCCCC)cc1OC(=S)OCC1=C(C(=O)O)N2C(=O)[C@H]([C@@H](C)O)[C@H]2S1. The molecule has 2 aliphatic heterocycles. The van der Waals surface area contributed by atoms with Gasteiger partial charge >= 0.3 is 11.2 Å². The van der Waals surface area contributed by atoms with Gasteiger partial charge in [0.1, 0.15) is 29.2 Å². The number of rotatable bonds is 11. The van der Waals surface area contributed by atoms with E-state index in [1.54, 1.807) is 6.07 Å². The summed E-state index contributed by atoms with van der Waals surface area (Å²) in [5.74, 6) is -1.84. The maximum Gasteiger partial charge on any atom is 0.358 e. The van der Waals surface area contributed by atoms with Crippen molar-refractivity contribution < 1.29 is 34.4 Å². The van der Waals surface area contributed by atoms with Crippen LogP contribution in [0.25, 0.3) is 0 Å². The molecule has 1 amide bonds. The number of allylic oxidation sites excluding steroid dienone is 3. The first kappa shape index (κ1) is 31.1. The van der Waals surface area contributed by atoms with Crippen LogP contribution < -0.4 is 4.74 Å². The van der Waals surface area contributed by atoms with E-state index < -0.39 is 29.3 Å². The number of aromatic hydroxyl groups is 1. The molecule has 8 nitrogen and oxygen atoms in total. The van der Waals surface area contributed by atoms with Crippen molar-refractivity contribution in [1.29, 1.82) is 0 Å². The molecule has 1 saturated heterocycles. The number of nitrogens with zero attached hydrogens (tertiary/aromatic N) is 1. The first-order chi connectivity index (χ1) is 19.4. The molecule has 1 aliphatic carbocycles. The molecule has 1 aromatic carbocycles. The van der Waals surface area contributed by atoms with Crippen molar-refractivity contribution in [3.05, 3.63) is 57.7 Å². The highest BCUT2D eigenvalue weighted by Crippen LogP contribution is 2.50. The number of carboxylic acid groups (broad SMARTS) is 1. The molecule has 3 aliphatic rings. The average molecular weight is 602 g/mol. The minimum Gasteiger partial charge on any atom is -0.507 e. The Morgan fingerprint density at radius 2 is 2.05 bits per heavy atom. The lowest BCUT2D eigenvalue weighted by Gasteiger charge is -2.43. The van der Waals surface area contributed by atoms with Crippen molar-refractivity contribution in [2.45, 2.75) is 83.6 Å². The maximum atomic E-state index is 12.5. The number of unbranched alkanes of at least 4 members (excludes halogenated alkanes) is 2. The number of aliphatic hydroxyl groups is 1. The monoisotopic (exact) mass is 601 g/mol. The number of carbonyl (C=O) groups excluding carboxylic acids is 1. The summed E-state index contributed by atoms with van der Waals surface area (Å²) >= 11 is 6.61. The van der Waals surface area contributed by atoms with Gasteiger partial charge in [0.05, 0.1) is 16.9 Å². The molecule has 0 bridgehead atoms. The van der Waals surface area contributed by atoms with Crippen LogP contribution in [-0.2, 0) is 20.7 Å². The predicted molar refractivity (Wildman–Crippen MR) is 163 cm³/mol. The molecular formula is C31H39NO7S2. The van der Waals surface area contributed by atoms with Gasteiger partial charge in [0.15, 0.2) is 0 Å². The molecule has 41 heavy (non-hydrogen) atoms.